The minimum atomic E-state index is -4.63. The van der Waals surface area contributed by atoms with E-state index in [1.54, 1.807) is 20.8 Å². The fraction of sp³-hybridized carbons (Fsp3) is 0.579. The Morgan fingerprint density at radius 3 is 2.54 bits per heavy atom. The maximum atomic E-state index is 13.3. The third kappa shape index (κ3) is 6.40. The number of likely N-dealkylation sites (tertiary alicyclic amines) is 1. The molecule has 1 atom stereocenters. The van der Waals surface area contributed by atoms with Crippen molar-refractivity contribution in [2.45, 2.75) is 45.5 Å². The first-order chi connectivity index (χ1) is 12.8. The number of hydrogen-bond donors (Lipinski definition) is 2. The Morgan fingerprint density at radius 1 is 1.29 bits per heavy atom. The van der Waals surface area contributed by atoms with Crippen LogP contribution in [0.2, 0.25) is 0 Å². The number of carboxylic acid groups (broad SMARTS) is 1. The molecule has 1 aromatic carbocycles. The Labute approximate surface area is 161 Å². The summed E-state index contributed by atoms with van der Waals surface area (Å²) in [7, 11) is 0. The number of alkyl carbamates (subject to hydrolysis) is 1. The van der Waals surface area contributed by atoms with Gasteiger partial charge in [-0.05, 0) is 57.4 Å². The number of hydrogen-bond acceptors (Lipinski definition) is 4. The molecule has 0 radical (unpaired) electrons. The van der Waals surface area contributed by atoms with Crippen LogP contribution in [0.25, 0.3) is 0 Å². The standard InChI is InChI=1S/C19H25F3N2O4/c1-18(2,3)28-17(27)23-9-12-6-7-24(10-12)11-14-5-4-13(16(25)26)8-15(14)19(20,21)22/h4-5,8,12H,6-7,9-11H2,1-3H3,(H,23,27)(H,25,26)/t12-/m0/s1. The first-order valence-electron chi connectivity index (χ1n) is 8.98. The fourth-order valence-electron chi connectivity index (χ4n) is 3.12. The number of nitrogens with one attached hydrogen (secondary N) is 1. The zero-order chi connectivity index (χ0) is 21.1. The van der Waals surface area contributed by atoms with E-state index in [1.165, 1.54) is 12.1 Å². The minimum Gasteiger partial charge on any atom is -0.478 e. The predicted molar refractivity (Wildman–Crippen MR) is 96.0 cm³/mol. The number of ether oxygens (including phenoxy) is 1. The van der Waals surface area contributed by atoms with Gasteiger partial charge in [-0.2, -0.15) is 13.2 Å². The molecule has 1 amide bonds. The van der Waals surface area contributed by atoms with Gasteiger partial charge in [0, 0.05) is 19.6 Å². The van der Waals surface area contributed by atoms with Gasteiger partial charge in [-0.1, -0.05) is 6.07 Å². The highest BCUT2D eigenvalue weighted by Gasteiger charge is 2.35. The van der Waals surface area contributed by atoms with Crippen LogP contribution in [-0.2, 0) is 17.5 Å². The van der Waals surface area contributed by atoms with Crippen LogP contribution in [0, 0.1) is 5.92 Å². The normalized spacial score (nSPS) is 18.1. The van der Waals surface area contributed by atoms with E-state index in [0.29, 0.717) is 25.7 Å². The van der Waals surface area contributed by atoms with Gasteiger partial charge in [0.05, 0.1) is 11.1 Å². The van der Waals surface area contributed by atoms with Crippen LogP contribution in [0.5, 0.6) is 0 Å². The number of carboxylic acids is 1. The van der Waals surface area contributed by atoms with E-state index in [1.807, 2.05) is 4.90 Å². The van der Waals surface area contributed by atoms with Crippen molar-refractivity contribution in [3.05, 3.63) is 34.9 Å². The van der Waals surface area contributed by atoms with E-state index in [2.05, 4.69) is 5.32 Å². The summed E-state index contributed by atoms with van der Waals surface area (Å²) in [4.78, 5) is 24.5. The second kappa shape index (κ2) is 8.38. The first kappa shape index (κ1) is 22.0. The largest absolute Gasteiger partial charge is 0.478 e. The van der Waals surface area contributed by atoms with E-state index in [-0.39, 0.29) is 18.0 Å². The van der Waals surface area contributed by atoms with E-state index >= 15 is 0 Å². The van der Waals surface area contributed by atoms with Crippen LogP contribution < -0.4 is 5.32 Å². The molecule has 0 spiro atoms. The molecule has 0 saturated carbocycles. The lowest BCUT2D eigenvalue weighted by molar-refractivity contribution is -0.138. The van der Waals surface area contributed by atoms with Crippen molar-refractivity contribution in [3.8, 4) is 0 Å². The smallest absolute Gasteiger partial charge is 0.416 e. The molecule has 1 aliphatic rings. The summed E-state index contributed by atoms with van der Waals surface area (Å²) < 4.78 is 45.1. The van der Waals surface area contributed by atoms with Gasteiger partial charge in [0.2, 0.25) is 0 Å². The summed E-state index contributed by atoms with van der Waals surface area (Å²) in [6.45, 7) is 6.87. The molecule has 156 valence electrons. The van der Waals surface area contributed by atoms with Crippen LogP contribution in [0.3, 0.4) is 0 Å². The van der Waals surface area contributed by atoms with Gasteiger partial charge in [-0.25, -0.2) is 9.59 Å². The number of aromatic carboxylic acids is 1. The third-order valence-corrected chi connectivity index (χ3v) is 4.36. The maximum absolute atomic E-state index is 13.3. The summed E-state index contributed by atoms with van der Waals surface area (Å²) >= 11 is 0. The highest BCUT2D eigenvalue weighted by Crippen LogP contribution is 2.34. The predicted octanol–water partition coefficient (Wildman–Crippen LogP) is 3.75. The highest BCUT2D eigenvalue weighted by molar-refractivity contribution is 5.88. The summed E-state index contributed by atoms with van der Waals surface area (Å²) in [5.41, 5.74) is -1.88. The Bertz CT molecular complexity index is 729. The monoisotopic (exact) mass is 402 g/mol. The average molecular weight is 402 g/mol. The van der Waals surface area contributed by atoms with Crippen LogP contribution in [0.1, 0.15) is 48.7 Å². The van der Waals surface area contributed by atoms with Crippen molar-refractivity contribution in [2.24, 2.45) is 5.92 Å². The molecule has 9 heteroatoms. The molecule has 0 aromatic heterocycles. The number of amides is 1. The lowest BCUT2D eigenvalue weighted by Crippen LogP contribution is -2.36. The van der Waals surface area contributed by atoms with Crippen LogP contribution >= 0.6 is 0 Å². The summed E-state index contributed by atoms with van der Waals surface area (Å²) in [6, 6.07) is 3.08. The van der Waals surface area contributed by atoms with E-state index in [4.69, 9.17) is 9.84 Å². The first-order valence-corrected chi connectivity index (χ1v) is 8.98. The molecule has 2 N–H and O–H groups in total. The van der Waals surface area contributed by atoms with Gasteiger partial charge in [0.1, 0.15) is 5.60 Å². The minimum absolute atomic E-state index is 0.0400. The average Bonchev–Trinajstić information content (AvgIpc) is 2.98. The van der Waals surface area contributed by atoms with E-state index < -0.39 is 35.0 Å². The second-order valence-corrected chi connectivity index (χ2v) is 7.95. The Balaban J connectivity index is 1.96. The lowest BCUT2D eigenvalue weighted by Gasteiger charge is -2.21. The molecule has 6 nitrogen and oxygen atoms in total. The molecule has 1 saturated heterocycles. The van der Waals surface area contributed by atoms with Gasteiger partial charge >= 0.3 is 18.2 Å². The number of halogens is 3. The highest BCUT2D eigenvalue weighted by atomic mass is 19.4. The van der Waals surface area contributed by atoms with Crippen molar-refractivity contribution in [1.29, 1.82) is 0 Å². The summed E-state index contributed by atoms with van der Waals surface area (Å²) in [5.74, 6) is -1.29. The molecule has 1 aromatic rings. The molecule has 0 bridgehead atoms. The zero-order valence-electron chi connectivity index (χ0n) is 16.1. The number of carbonyl (C=O) groups is 2. The molecule has 28 heavy (non-hydrogen) atoms. The molecule has 0 unspecified atom stereocenters. The Morgan fingerprint density at radius 2 is 1.96 bits per heavy atom. The van der Waals surface area contributed by atoms with Crippen molar-refractivity contribution < 1.29 is 32.6 Å². The summed E-state index contributed by atoms with van der Waals surface area (Å²) in [5, 5.41) is 11.6. The topological polar surface area (TPSA) is 78.9 Å². The molecular formula is C19H25F3N2O4. The van der Waals surface area contributed by atoms with Gasteiger partial charge in [0.15, 0.2) is 0 Å². The SMILES string of the molecule is CC(C)(C)OC(=O)NC[C@@H]1CCN(Cc2ccc(C(=O)O)cc2C(F)(F)F)C1. The maximum Gasteiger partial charge on any atom is 0.416 e. The molecular weight excluding hydrogens is 377 g/mol. The number of carbonyl (C=O) groups excluding carboxylic acids is 1. The number of nitrogens with zero attached hydrogens (tertiary/aromatic N) is 1. The van der Waals surface area contributed by atoms with Crippen molar-refractivity contribution in [1.82, 2.24) is 10.2 Å². The van der Waals surface area contributed by atoms with E-state index in [9.17, 15) is 22.8 Å². The molecule has 1 aliphatic heterocycles. The number of rotatable bonds is 5. The van der Waals surface area contributed by atoms with Crippen molar-refractivity contribution in [3.63, 3.8) is 0 Å². The molecule has 0 aliphatic carbocycles. The molecule has 1 heterocycles. The van der Waals surface area contributed by atoms with Gasteiger partial charge in [-0.3, -0.25) is 4.90 Å². The quantitative estimate of drug-likeness (QED) is 0.784. The van der Waals surface area contributed by atoms with Gasteiger partial charge < -0.3 is 15.2 Å². The summed E-state index contributed by atoms with van der Waals surface area (Å²) in [6.07, 6.45) is -4.41. The fourth-order valence-corrected chi connectivity index (χ4v) is 3.12. The Hall–Kier alpha value is -2.29. The van der Waals surface area contributed by atoms with Crippen LogP contribution in [0.4, 0.5) is 18.0 Å². The molecule has 1 fully saturated rings. The van der Waals surface area contributed by atoms with Crippen molar-refractivity contribution >= 4 is 12.1 Å². The number of benzene rings is 1. The van der Waals surface area contributed by atoms with Crippen LogP contribution in [0.15, 0.2) is 18.2 Å². The van der Waals surface area contributed by atoms with Gasteiger partial charge in [-0.15, -0.1) is 0 Å². The number of alkyl halides is 3. The van der Waals surface area contributed by atoms with Gasteiger partial charge in [0.25, 0.3) is 0 Å². The lowest BCUT2D eigenvalue weighted by atomic mass is 10.0. The van der Waals surface area contributed by atoms with Crippen LogP contribution in [-0.4, -0.2) is 47.3 Å². The zero-order valence-corrected chi connectivity index (χ0v) is 16.1. The molecule has 2 rings (SSSR count). The second-order valence-electron chi connectivity index (χ2n) is 7.95. The van der Waals surface area contributed by atoms with Crippen molar-refractivity contribution in [2.75, 3.05) is 19.6 Å². The third-order valence-electron chi connectivity index (χ3n) is 4.36. The Kier molecular flexibility index (Phi) is 6.59. The van der Waals surface area contributed by atoms with E-state index in [0.717, 1.165) is 6.42 Å².